The fourth-order valence-corrected chi connectivity index (χ4v) is 1.59. The average Bonchev–Trinajstić information content (AvgIpc) is 2.39. The van der Waals surface area contributed by atoms with Gasteiger partial charge in [-0.1, -0.05) is 12.8 Å². The van der Waals surface area contributed by atoms with Crippen LogP contribution in [0.2, 0.25) is 0 Å². The van der Waals surface area contributed by atoms with Gasteiger partial charge in [0.15, 0.2) is 5.78 Å². The lowest BCUT2D eigenvalue weighted by atomic mass is 10.1. The monoisotopic (exact) mass is 251 g/mol. The molecule has 4 heteroatoms. The Morgan fingerprint density at radius 1 is 1.28 bits per heavy atom. The molecule has 0 aliphatic rings. The number of unbranched alkanes of at least 4 members (excludes halogenated alkanes) is 3. The summed E-state index contributed by atoms with van der Waals surface area (Å²) in [5.41, 5.74) is 0.982. The SMILES string of the molecule is Cc1ccc(OCCCCCCC(=O)CO)cn1. The molecule has 100 valence electrons. The number of Topliss-reactive ketones (excluding diaryl/α,β-unsaturated/α-hetero) is 1. The van der Waals surface area contributed by atoms with Crippen LogP contribution in [0.4, 0.5) is 0 Å². The molecule has 18 heavy (non-hydrogen) atoms. The summed E-state index contributed by atoms with van der Waals surface area (Å²) in [5, 5.41) is 8.55. The zero-order valence-corrected chi connectivity index (χ0v) is 10.9. The van der Waals surface area contributed by atoms with Crippen molar-refractivity contribution in [2.24, 2.45) is 0 Å². The number of aromatic nitrogens is 1. The molecule has 1 rings (SSSR count). The summed E-state index contributed by atoms with van der Waals surface area (Å²) in [6.07, 6.45) is 6.08. The van der Waals surface area contributed by atoms with Crippen molar-refractivity contribution in [3.05, 3.63) is 24.0 Å². The predicted octanol–water partition coefficient (Wildman–Crippen LogP) is 2.28. The van der Waals surface area contributed by atoms with E-state index in [0.29, 0.717) is 13.0 Å². The lowest BCUT2D eigenvalue weighted by Crippen LogP contribution is -2.03. The Hall–Kier alpha value is -1.42. The number of hydrogen-bond acceptors (Lipinski definition) is 4. The van der Waals surface area contributed by atoms with Crippen molar-refractivity contribution in [2.45, 2.75) is 39.0 Å². The van der Waals surface area contributed by atoms with Crippen LogP contribution >= 0.6 is 0 Å². The molecule has 1 aromatic rings. The molecule has 0 aromatic carbocycles. The Kier molecular flexibility index (Phi) is 7.03. The maximum Gasteiger partial charge on any atom is 0.158 e. The molecule has 0 bridgehead atoms. The number of carbonyl (C=O) groups excluding carboxylic acids is 1. The molecule has 0 spiro atoms. The Labute approximate surface area is 108 Å². The molecule has 0 amide bonds. The first kappa shape index (κ1) is 14.6. The summed E-state index contributed by atoms with van der Waals surface area (Å²) < 4.78 is 5.54. The van der Waals surface area contributed by atoms with Gasteiger partial charge in [-0.2, -0.15) is 0 Å². The van der Waals surface area contributed by atoms with E-state index in [0.717, 1.165) is 37.1 Å². The second-order valence-corrected chi connectivity index (χ2v) is 4.34. The number of pyridine rings is 1. The van der Waals surface area contributed by atoms with Crippen LogP contribution in [0.5, 0.6) is 5.75 Å². The highest BCUT2D eigenvalue weighted by Crippen LogP contribution is 2.10. The molecule has 0 fully saturated rings. The van der Waals surface area contributed by atoms with Gasteiger partial charge in [0.1, 0.15) is 12.4 Å². The van der Waals surface area contributed by atoms with E-state index in [-0.39, 0.29) is 12.4 Å². The quantitative estimate of drug-likeness (QED) is 0.684. The number of aliphatic hydroxyl groups excluding tert-OH is 1. The lowest BCUT2D eigenvalue weighted by Gasteiger charge is -2.05. The number of carbonyl (C=O) groups is 1. The zero-order chi connectivity index (χ0) is 13.2. The van der Waals surface area contributed by atoms with Crippen molar-refractivity contribution >= 4 is 5.78 Å². The number of aryl methyl sites for hydroxylation is 1. The van der Waals surface area contributed by atoms with E-state index in [1.165, 1.54) is 0 Å². The number of ether oxygens (including phenoxy) is 1. The van der Waals surface area contributed by atoms with Gasteiger partial charge in [0.05, 0.1) is 12.8 Å². The molecule has 0 radical (unpaired) electrons. The summed E-state index contributed by atoms with van der Waals surface area (Å²) in [6, 6.07) is 3.85. The van der Waals surface area contributed by atoms with E-state index in [1.807, 2.05) is 19.1 Å². The molecule has 0 aliphatic carbocycles. The number of ketones is 1. The average molecular weight is 251 g/mol. The van der Waals surface area contributed by atoms with Crippen molar-refractivity contribution in [3.63, 3.8) is 0 Å². The summed E-state index contributed by atoms with van der Waals surface area (Å²) in [5.74, 6) is 0.730. The Morgan fingerprint density at radius 3 is 2.72 bits per heavy atom. The molecular weight excluding hydrogens is 230 g/mol. The third kappa shape index (κ3) is 6.35. The van der Waals surface area contributed by atoms with Gasteiger partial charge >= 0.3 is 0 Å². The molecule has 1 aromatic heterocycles. The molecule has 4 nitrogen and oxygen atoms in total. The van der Waals surface area contributed by atoms with Crippen molar-refractivity contribution in [1.29, 1.82) is 0 Å². The van der Waals surface area contributed by atoms with Crippen LogP contribution in [0.15, 0.2) is 18.3 Å². The predicted molar refractivity (Wildman–Crippen MR) is 69.6 cm³/mol. The Morgan fingerprint density at radius 2 is 2.06 bits per heavy atom. The summed E-state index contributed by atoms with van der Waals surface area (Å²) >= 11 is 0. The van der Waals surface area contributed by atoms with E-state index in [1.54, 1.807) is 6.20 Å². The Bertz CT molecular complexity index is 349. The minimum Gasteiger partial charge on any atom is -0.492 e. The number of rotatable bonds is 9. The smallest absolute Gasteiger partial charge is 0.158 e. The molecule has 1 heterocycles. The second-order valence-electron chi connectivity index (χ2n) is 4.34. The number of hydrogen-bond donors (Lipinski definition) is 1. The minimum absolute atomic E-state index is 0.0722. The number of aliphatic hydroxyl groups is 1. The zero-order valence-electron chi connectivity index (χ0n) is 10.9. The normalized spacial score (nSPS) is 10.3. The van der Waals surface area contributed by atoms with E-state index in [4.69, 9.17) is 9.84 Å². The van der Waals surface area contributed by atoms with Crippen LogP contribution in [0, 0.1) is 6.92 Å². The minimum atomic E-state index is -0.330. The Balaban J connectivity index is 1.99. The van der Waals surface area contributed by atoms with E-state index in [9.17, 15) is 4.79 Å². The fourth-order valence-electron chi connectivity index (χ4n) is 1.59. The highest BCUT2D eigenvalue weighted by Gasteiger charge is 1.99. The van der Waals surface area contributed by atoms with Crippen LogP contribution in [0.3, 0.4) is 0 Å². The van der Waals surface area contributed by atoms with Crippen molar-refractivity contribution in [3.8, 4) is 5.75 Å². The molecular formula is C14H21NO3. The van der Waals surface area contributed by atoms with Crippen molar-refractivity contribution in [1.82, 2.24) is 4.98 Å². The van der Waals surface area contributed by atoms with E-state index < -0.39 is 0 Å². The van der Waals surface area contributed by atoms with Gasteiger partial charge in [-0.3, -0.25) is 9.78 Å². The van der Waals surface area contributed by atoms with Crippen LogP contribution in [0.25, 0.3) is 0 Å². The van der Waals surface area contributed by atoms with Crippen molar-refractivity contribution < 1.29 is 14.6 Å². The van der Waals surface area contributed by atoms with Crippen LogP contribution in [-0.4, -0.2) is 29.1 Å². The van der Waals surface area contributed by atoms with Gasteiger partial charge in [-0.05, 0) is 31.9 Å². The van der Waals surface area contributed by atoms with Gasteiger partial charge in [-0.25, -0.2) is 0 Å². The standard InChI is InChI=1S/C14H21NO3/c1-12-7-8-14(10-15-12)18-9-5-3-2-4-6-13(17)11-16/h7-8,10,16H,2-6,9,11H2,1H3. The summed E-state index contributed by atoms with van der Waals surface area (Å²) in [4.78, 5) is 15.0. The van der Waals surface area contributed by atoms with Gasteiger partial charge in [0.25, 0.3) is 0 Å². The van der Waals surface area contributed by atoms with E-state index >= 15 is 0 Å². The van der Waals surface area contributed by atoms with Crippen LogP contribution in [-0.2, 0) is 4.79 Å². The first-order chi connectivity index (χ1) is 8.72. The van der Waals surface area contributed by atoms with Gasteiger partial charge in [-0.15, -0.1) is 0 Å². The lowest BCUT2D eigenvalue weighted by molar-refractivity contribution is -0.121. The third-order valence-electron chi connectivity index (χ3n) is 2.68. The maximum atomic E-state index is 10.8. The topological polar surface area (TPSA) is 59.4 Å². The second kappa shape index (κ2) is 8.64. The summed E-state index contributed by atoms with van der Waals surface area (Å²) in [6.45, 7) is 2.29. The number of nitrogens with zero attached hydrogens (tertiary/aromatic N) is 1. The highest BCUT2D eigenvalue weighted by atomic mass is 16.5. The third-order valence-corrected chi connectivity index (χ3v) is 2.68. The van der Waals surface area contributed by atoms with Gasteiger partial charge < -0.3 is 9.84 Å². The summed E-state index contributed by atoms with van der Waals surface area (Å²) in [7, 11) is 0. The molecule has 0 saturated heterocycles. The molecule has 0 saturated carbocycles. The molecule has 0 unspecified atom stereocenters. The highest BCUT2D eigenvalue weighted by molar-refractivity contribution is 5.79. The van der Waals surface area contributed by atoms with Crippen LogP contribution in [0.1, 0.15) is 37.8 Å². The van der Waals surface area contributed by atoms with Crippen molar-refractivity contribution in [2.75, 3.05) is 13.2 Å². The molecule has 0 atom stereocenters. The molecule has 0 aliphatic heterocycles. The van der Waals surface area contributed by atoms with Gasteiger partial charge in [0, 0.05) is 12.1 Å². The van der Waals surface area contributed by atoms with Crippen LogP contribution < -0.4 is 4.74 Å². The largest absolute Gasteiger partial charge is 0.492 e. The van der Waals surface area contributed by atoms with E-state index in [2.05, 4.69) is 4.98 Å². The first-order valence-corrected chi connectivity index (χ1v) is 6.40. The maximum absolute atomic E-state index is 10.8. The fraction of sp³-hybridized carbons (Fsp3) is 0.571. The first-order valence-electron chi connectivity index (χ1n) is 6.40. The van der Waals surface area contributed by atoms with Gasteiger partial charge in [0.2, 0.25) is 0 Å². The molecule has 1 N–H and O–H groups in total.